The second-order valence-electron chi connectivity index (χ2n) is 5.62. The summed E-state index contributed by atoms with van der Waals surface area (Å²) in [7, 11) is 2.18. The van der Waals surface area contributed by atoms with Crippen LogP contribution < -0.4 is 5.73 Å². The zero-order valence-electron chi connectivity index (χ0n) is 11.1. The highest BCUT2D eigenvalue weighted by atomic mass is 16.5. The minimum absolute atomic E-state index is 0.652. The molecule has 0 atom stereocenters. The summed E-state index contributed by atoms with van der Waals surface area (Å²) < 4.78 is 5.47. The smallest absolute Gasteiger partial charge is 0.0471 e. The predicted molar refractivity (Wildman–Crippen MR) is 73.7 cm³/mol. The maximum Gasteiger partial charge on any atom is 0.0471 e. The van der Waals surface area contributed by atoms with Crippen LogP contribution >= 0.6 is 0 Å². The first-order valence-corrected chi connectivity index (χ1v) is 6.91. The highest BCUT2D eigenvalue weighted by molar-refractivity contribution is 5.52. The molecule has 3 heteroatoms. The van der Waals surface area contributed by atoms with Gasteiger partial charge in [-0.05, 0) is 61.1 Å². The van der Waals surface area contributed by atoms with Gasteiger partial charge in [0.25, 0.3) is 0 Å². The van der Waals surface area contributed by atoms with Gasteiger partial charge in [0, 0.05) is 32.0 Å². The third kappa shape index (κ3) is 2.25. The topological polar surface area (TPSA) is 38.5 Å². The quantitative estimate of drug-likeness (QED) is 0.772. The van der Waals surface area contributed by atoms with Crippen LogP contribution in [0.15, 0.2) is 12.1 Å². The van der Waals surface area contributed by atoms with E-state index in [0.717, 1.165) is 44.8 Å². The Labute approximate surface area is 109 Å². The lowest BCUT2D eigenvalue weighted by atomic mass is 9.83. The molecule has 2 aliphatic heterocycles. The van der Waals surface area contributed by atoms with E-state index in [9.17, 15) is 0 Å². The summed E-state index contributed by atoms with van der Waals surface area (Å²) in [5.74, 6) is 0.652. The summed E-state index contributed by atoms with van der Waals surface area (Å²) in [5.41, 5.74) is 11.5. The van der Waals surface area contributed by atoms with Crippen molar-refractivity contribution in [1.29, 1.82) is 0 Å². The number of likely N-dealkylation sites (N-methyl/N-ethyl adjacent to an activating group) is 1. The Morgan fingerprint density at radius 1 is 1.28 bits per heavy atom. The summed E-state index contributed by atoms with van der Waals surface area (Å²) >= 11 is 0. The maximum atomic E-state index is 6.09. The van der Waals surface area contributed by atoms with Crippen molar-refractivity contribution in [2.24, 2.45) is 0 Å². The molecule has 3 rings (SSSR count). The number of hydrogen-bond acceptors (Lipinski definition) is 3. The van der Waals surface area contributed by atoms with Crippen molar-refractivity contribution >= 4 is 5.69 Å². The zero-order chi connectivity index (χ0) is 12.5. The van der Waals surface area contributed by atoms with Crippen LogP contribution in [0.25, 0.3) is 0 Å². The van der Waals surface area contributed by atoms with Gasteiger partial charge in [0.05, 0.1) is 0 Å². The Balaban J connectivity index is 1.97. The number of ether oxygens (including phenoxy) is 1. The van der Waals surface area contributed by atoms with Crippen molar-refractivity contribution in [2.45, 2.75) is 31.7 Å². The Bertz CT molecular complexity index is 438. The fourth-order valence-corrected chi connectivity index (χ4v) is 3.27. The fourth-order valence-electron chi connectivity index (χ4n) is 3.27. The Hall–Kier alpha value is -1.06. The van der Waals surface area contributed by atoms with Crippen molar-refractivity contribution in [3.05, 3.63) is 28.8 Å². The summed E-state index contributed by atoms with van der Waals surface area (Å²) in [6.07, 6.45) is 3.45. The van der Waals surface area contributed by atoms with Crippen LogP contribution in [-0.4, -0.2) is 31.7 Å². The highest BCUT2D eigenvalue weighted by Gasteiger charge is 2.23. The Morgan fingerprint density at radius 2 is 2.06 bits per heavy atom. The molecule has 2 N–H and O–H groups in total. The molecule has 0 saturated carbocycles. The van der Waals surface area contributed by atoms with Gasteiger partial charge < -0.3 is 15.4 Å². The van der Waals surface area contributed by atoms with Crippen molar-refractivity contribution in [3.8, 4) is 0 Å². The van der Waals surface area contributed by atoms with Crippen LogP contribution in [0.2, 0.25) is 0 Å². The molecule has 0 aliphatic carbocycles. The molecule has 18 heavy (non-hydrogen) atoms. The van der Waals surface area contributed by atoms with Crippen LogP contribution in [0.5, 0.6) is 0 Å². The van der Waals surface area contributed by atoms with Gasteiger partial charge in [-0.2, -0.15) is 0 Å². The summed E-state index contributed by atoms with van der Waals surface area (Å²) in [6.45, 7) is 3.99. The first-order chi connectivity index (χ1) is 8.74. The minimum Gasteiger partial charge on any atom is -0.399 e. The maximum absolute atomic E-state index is 6.09. The van der Waals surface area contributed by atoms with Crippen molar-refractivity contribution in [1.82, 2.24) is 4.90 Å². The fraction of sp³-hybridized carbons (Fsp3) is 0.600. The first-order valence-electron chi connectivity index (χ1n) is 6.91. The van der Waals surface area contributed by atoms with E-state index in [-0.39, 0.29) is 0 Å². The largest absolute Gasteiger partial charge is 0.399 e. The Kier molecular flexibility index (Phi) is 3.27. The third-order valence-corrected chi connectivity index (χ3v) is 4.24. The van der Waals surface area contributed by atoms with E-state index in [1.54, 1.807) is 5.56 Å². The number of benzene rings is 1. The second-order valence-corrected chi connectivity index (χ2v) is 5.62. The zero-order valence-corrected chi connectivity index (χ0v) is 11.1. The van der Waals surface area contributed by atoms with Crippen LogP contribution in [0.3, 0.4) is 0 Å². The number of rotatable bonds is 1. The molecule has 0 amide bonds. The number of fused-ring (bicyclic) bond motifs is 1. The standard InChI is InChI=1S/C15H22N2O/c1-17-5-2-14-12(10-17)8-13(16)9-15(14)11-3-6-18-7-4-11/h8-9,11H,2-7,10,16H2,1H3. The highest BCUT2D eigenvalue weighted by Crippen LogP contribution is 2.34. The van der Waals surface area contributed by atoms with E-state index < -0.39 is 0 Å². The lowest BCUT2D eigenvalue weighted by molar-refractivity contribution is 0.0850. The molecule has 0 bridgehead atoms. The first kappa shape index (κ1) is 12.0. The summed E-state index contributed by atoms with van der Waals surface area (Å²) in [5, 5.41) is 0. The lowest BCUT2D eigenvalue weighted by Crippen LogP contribution is -2.28. The van der Waals surface area contributed by atoms with Gasteiger partial charge in [-0.15, -0.1) is 0 Å². The molecule has 3 nitrogen and oxygen atoms in total. The van der Waals surface area contributed by atoms with Crippen LogP contribution in [0.4, 0.5) is 5.69 Å². The van der Waals surface area contributed by atoms with Crippen LogP contribution in [0.1, 0.15) is 35.4 Å². The minimum atomic E-state index is 0.652. The Morgan fingerprint density at radius 3 is 2.83 bits per heavy atom. The number of hydrogen-bond donors (Lipinski definition) is 1. The van der Waals surface area contributed by atoms with Crippen molar-refractivity contribution < 1.29 is 4.74 Å². The van der Waals surface area contributed by atoms with E-state index >= 15 is 0 Å². The molecule has 0 aromatic heterocycles. The van der Waals surface area contributed by atoms with E-state index in [1.807, 2.05) is 0 Å². The summed E-state index contributed by atoms with van der Waals surface area (Å²) in [6, 6.07) is 4.37. The average molecular weight is 246 g/mol. The van der Waals surface area contributed by atoms with E-state index in [4.69, 9.17) is 10.5 Å². The molecule has 0 radical (unpaired) electrons. The average Bonchev–Trinajstić information content (AvgIpc) is 2.38. The molecule has 2 heterocycles. The molecular weight excluding hydrogens is 224 g/mol. The van der Waals surface area contributed by atoms with Gasteiger partial charge in [0.1, 0.15) is 0 Å². The molecule has 0 unspecified atom stereocenters. The van der Waals surface area contributed by atoms with Gasteiger partial charge >= 0.3 is 0 Å². The molecule has 1 aromatic carbocycles. The second kappa shape index (κ2) is 4.90. The number of nitrogens with two attached hydrogens (primary N) is 1. The molecular formula is C15H22N2O. The molecule has 1 fully saturated rings. The molecule has 2 aliphatic rings. The monoisotopic (exact) mass is 246 g/mol. The lowest BCUT2D eigenvalue weighted by Gasteiger charge is -2.31. The van der Waals surface area contributed by atoms with Crippen molar-refractivity contribution in [2.75, 3.05) is 32.5 Å². The predicted octanol–water partition coefficient (Wildman–Crippen LogP) is 2.15. The number of nitrogen functional groups attached to an aromatic ring is 1. The van der Waals surface area contributed by atoms with Crippen molar-refractivity contribution in [3.63, 3.8) is 0 Å². The SMILES string of the molecule is CN1CCc2c(cc(N)cc2C2CCOCC2)C1. The van der Waals surface area contributed by atoms with Gasteiger partial charge in [-0.3, -0.25) is 0 Å². The van der Waals surface area contributed by atoms with Gasteiger partial charge in [-0.1, -0.05) is 0 Å². The molecule has 0 spiro atoms. The summed E-state index contributed by atoms with van der Waals surface area (Å²) in [4.78, 5) is 2.37. The van der Waals surface area contributed by atoms with Gasteiger partial charge in [-0.25, -0.2) is 0 Å². The van der Waals surface area contributed by atoms with E-state index in [2.05, 4.69) is 24.1 Å². The van der Waals surface area contributed by atoms with Gasteiger partial charge in [0.15, 0.2) is 0 Å². The number of nitrogens with zero attached hydrogens (tertiary/aromatic N) is 1. The third-order valence-electron chi connectivity index (χ3n) is 4.24. The molecule has 1 saturated heterocycles. The molecule has 1 aromatic rings. The van der Waals surface area contributed by atoms with Crippen LogP contribution in [0, 0.1) is 0 Å². The van der Waals surface area contributed by atoms with Crippen LogP contribution in [-0.2, 0) is 17.7 Å². The van der Waals surface area contributed by atoms with E-state index in [1.165, 1.54) is 17.5 Å². The van der Waals surface area contributed by atoms with E-state index in [0.29, 0.717) is 5.92 Å². The number of anilines is 1. The molecule has 98 valence electrons. The van der Waals surface area contributed by atoms with Gasteiger partial charge in [0.2, 0.25) is 0 Å². The normalized spacial score (nSPS) is 21.8.